The monoisotopic (exact) mass is 230 g/mol. The first-order chi connectivity index (χ1) is 7.07. The number of hydrogen-bond acceptors (Lipinski definition) is 5. The third kappa shape index (κ3) is 0.932. The highest BCUT2D eigenvalue weighted by Gasteiger charge is 2.68. The van der Waals surface area contributed by atoms with Crippen molar-refractivity contribution >= 4 is 23.6 Å². The van der Waals surface area contributed by atoms with Gasteiger partial charge in [-0.25, -0.2) is 4.79 Å². The van der Waals surface area contributed by atoms with Crippen LogP contribution in [-0.4, -0.2) is 57.3 Å². The number of thioether (sulfide) groups is 1. The van der Waals surface area contributed by atoms with Gasteiger partial charge in [0.25, 0.3) is 0 Å². The second-order valence-corrected chi connectivity index (χ2v) is 5.61. The van der Waals surface area contributed by atoms with Crippen molar-refractivity contribution in [2.24, 2.45) is 5.73 Å². The zero-order valence-electron chi connectivity index (χ0n) is 7.75. The summed E-state index contributed by atoms with van der Waals surface area (Å²) >= 11 is 1.47. The molecular weight excluding hydrogens is 220 g/mol. The molecular formula is C8H10N2O4S. The lowest BCUT2D eigenvalue weighted by molar-refractivity contribution is -0.164. The molecule has 15 heavy (non-hydrogen) atoms. The van der Waals surface area contributed by atoms with Crippen LogP contribution in [0, 0.1) is 0 Å². The molecule has 3 N–H and O–H groups in total. The van der Waals surface area contributed by atoms with Crippen LogP contribution in [0.5, 0.6) is 0 Å². The van der Waals surface area contributed by atoms with Crippen LogP contribution in [0.2, 0.25) is 0 Å². The van der Waals surface area contributed by atoms with Gasteiger partial charge in [-0.2, -0.15) is 0 Å². The molecule has 0 saturated carbocycles. The summed E-state index contributed by atoms with van der Waals surface area (Å²) in [6.45, 7) is 0.781. The van der Waals surface area contributed by atoms with Gasteiger partial charge in [-0.15, -0.1) is 11.8 Å². The van der Waals surface area contributed by atoms with E-state index in [1.807, 2.05) is 0 Å². The molecule has 3 aliphatic heterocycles. The number of carboxylic acid groups (broad SMARTS) is 1. The summed E-state index contributed by atoms with van der Waals surface area (Å²) in [4.78, 5) is 24.0. The van der Waals surface area contributed by atoms with Crippen LogP contribution in [0.4, 0.5) is 0 Å². The van der Waals surface area contributed by atoms with Crippen molar-refractivity contribution in [1.29, 1.82) is 0 Å². The highest BCUT2D eigenvalue weighted by atomic mass is 32.2. The van der Waals surface area contributed by atoms with Gasteiger partial charge in [0.1, 0.15) is 17.5 Å². The van der Waals surface area contributed by atoms with Gasteiger partial charge >= 0.3 is 5.97 Å². The second-order valence-electron chi connectivity index (χ2n) is 4.08. The van der Waals surface area contributed by atoms with Crippen LogP contribution < -0.4 is 5.73 Å². The van der Waals surface area contributed by atoms with Gasteiger partial charge in [0, 0.05) is 0 Å². The van der Waals surface area contributed by atoms with Crippen LogP contribution >= 0.6 is 11.8 Å². The molecule has 82 valence electrons. The lowest BCUT2D eigenvalue weighted by Gasteiger charge is -2.43. The predicted molar refractivity (Wildman–Crippen MR) is 51.2 cm³/mol. The van der Waals surface area contributed by atoms with Crippen LogP contribution in [0.15, 0.2) is 0 Å². The fourth-order valence-corrected chi connectivity index (χ4v) is 4.08. The van der Waals surface area contributed by atoms with E-state index in [4.69, 9.17) is 15.6 Å². The first kappa shape index (κ1) is 9.44. The molecule has 1 amide bonds. The average Bonchev–Trinajstić information content (AvgIpc) is 2.48. The Labute approximate surface area is 89.7 Å². The lowest BCUT2D eigenvalue weighted by Crippen LogP contribution is -2.70. The van der Waals surface area contributed by atoms with E-state index < -0.39 is 22.8 Å². The molecule has 0 aromatic rings. The van der Waals surface area contributed by atoms with E-state index in [-0.39, 0.29) is 11.3 Å². The zero-order valence-corrected chi connectivity index (χ0v) is 8.57. The van der Waals surface area contributed by atoms with E-state index in [0.717, 1.165) is 0 Å². The predicted octanol–water partition coefficient (Wildman–Crippen LogP) is -1.55. The number of amides is 1. The number of carboxylic acids is 1. The summed E-state index contributed by atoms with van der Waals surface area (Å²) in [6.07, 6.45) is 0. The Balaban J connectivity index is 1.95. The summed E-state index contributed by atoms with van der Waals surface area (Å²) in [7, 11) is 0. The fourth-order valence-electron chi connectivity index (χ4n) is 2.35. The summed E-state index contributed by atoms with van der Waals surface area (Å²) in [6, 6.07) is -1.31. The Morgan fingerprint density at radius 2 is 2.33 bits per heavy atom. The highest BCUT2D eigenvalue weighted by Crippen LogP contribution is 2.53. The summed E-state index contributed by atoms with van der Waals surface area (Å²) < 4.78 is 4.61. The Bertz CT molecular complexity index is 357. The van der Waals surface area contributed by atoms with Crippen molar-refractivity contribution in [2.75, 3.05) is 13.2 Å². The second kappa shape index (κ2) is 2.66. The fraction of sp³-hybridized carbons (Fsp3) is 0.750. The summed E-state index contributed by atoms with van der Waals surface area (Å²) in [5.74, 6) is -1.22. The topological polar surface area (TPSA) is 92.9 Å². The number of carbonyl (C=O) groups is 2. The first-order valence-electron chi connectivity index (χ1n) is 4.63. The average molecular weight is 230 g/mol. The van der Waals surface area contributed by atoms with Gasteiger partial charge in [-0.05, 0) is 0 Å². The number of ether oxygens (including phenoxy) is 1. The van der Waals surface area contributed by atoms with E-state index in [2.05, 4.69) is 0 Å². The molecule has 6 nitrogen and oxygen atoms in total. The minimum absolute atomic E-state index is 0.178. The number of nitrogens with zero attached hydrogens (tertiary/aromatic N) is 1. The minimum atomic E-state index is -0.964. The molecule has 3 heterocycles. The van der Waals surface area contributed by atoms with E-state index >= 15 is 0 Å². The summed E-state index contributed by atoms with van der Waals surface area (Å²) in [5.41, 5.74) is 5.62. The number of carbonyl (C=O) groups excluding carboxylic acids is 1. The molecule has 7 heteroatoms. The smallest absolute Gasteiger partial charge is 0.328 e. The van der Waals surface area contributed by atoms with E-state index in [9.17, 15) is 9.59 Å². The van der Waals surface area contributed by atoms with Crippen molar-refractivity contribution in [1.82, 2.24) is 4.90 Å². The van der Waals surface area contributed by atoms with Crippen molar-refractivity contribution in [2.45, 2.75) is 22.2 Å². The largest absolute Gasteiger partial charge is 0.480 e. The van der Waals surface area contributed by atoms with Crippen molar-refractivity contribution in [3.05, 3.63) is 0 Å². The van der Waals surface area contributed by atoms with E-state index in [0.29, 0.717) is 13.2 Å². The van der Waals surface area contributed by atoms with Crippen molar-refractivity contribution in [3.8, 4) is 0 Å². The molecule has 3 aliphatic rings. The number of β-lactam (4-membered cyclic amide) rings is 1. The number of aliphatic carboxylic acids is 1. The number of hydrogen-bond donors (Lipinski definition) is 2. The number of fused-ring (bicyclic) bond motifs is 1. The quantitative estimate of drug-likeness (QED) is 0.530. The van der Waals surface area contributed by atoms with Crippen LogP contribution in [0.1, 0.15) is 0 Å². The molecule has 0 aromatic carbocycles. The van der Waals surface area contributed by atoms with Gasteiger partial charge in [-0.3, -0.25) is 4.79 Å². The van der Waals surface area contributed by atoms with Crippen LogP contribution in [0.3, 0.4) is 0 Å². The molecule has 1 spiro atoms. The molecule has 2 unspecified atom stereocenters. The lowest BCUT2D eigenvalue weighted by atomic mass is 9.92. The van der Waals surface area contributed by atoms with Crippen molar-refractivity contribution in [3.63, 3.8) is 0 Å². The van der Waals surface area contributed by atoms with Crippen molar-refractivity contribution < 1.29 is 19.4 Å². The first-order valence-corrected chi connectivity index (χ1v) is 5.51. The maximum atomic E-state index is 11.5. The number of nitrogens with two attached hydrogens (primary N) is 1. The van der Waals surface area contributed by atoms with Crippen LogP contribution in [-0.2, 0) is 14.3 Å². The third-order valence-electron chi connectivity index (χ3n) is 3.18. The highest BCUT2D eigenvalue weighted by molar-refractivity contribution is 8.01. The molecule has 3 fully saturated rings. The molecule has 0 radical (unpaired) electrons. The molecule has 0 aliphatic carbocycles. The SMILES string of the molecule is NC1C(=O)N2C(C(=O)O)C3(COC3)S[C@H]12. The third-order valence-corrected chi connectivity index (χ3v) is 4.87. The number of rotatable bonds is 1. The van der Waals surface area contributed by atoms with E-state index in [1.165, 1.54) is 16.7 Å². The van der Waals surface area contributed by atoms with Gasteiger partial charge < -0.3 is 20.5 Å². The maximum absolute atomic E-state index is 11.5. The Morgan fingerprint density at radius 3 is 2.80 bits per heavy atom. The standard InChI is InChI=1S/C8H10N2O4S/c9-3-5(11)10-4(7(12)13)8(1-14-2-8)15-6(3)10/h3-4,6H,1-2,9H2,(H,12,13)/t3?,4?,6-/m1/s1. The molecule has 0 bridgehead atoms. The minimum Gasteiger partial charge on any atom is -0.480 e. The summed E-state index contributed by atoms with van der Waals surface area (Å²) in [5, 5.41) is 8.96. The maximum Gasteiger partial charge on any atom is 0.328 e. The van der Waals surface area contributed by atoms with Gasteiger partial charge in [0.2, 0.25) is 5.91 Å². The van der Waals surface area contributed by atoms with Crippen LogP contribution in [0.25, 0.3) is 0 Å². The van der Waals surface area contributed by atoms with E-state index in [1.54, 1.807) is 0 Å². The molecule has 3 saturated heterocycles. The Morgan fingerprint density at radius 1 is 1.67 bits per heavy atom. The Kier molecular flexibility index (Phi) is 1.67. The van der Waals surface area contributed by atoms with Gasteiger partial charge in [0.15, 0.2) is 0 Å². The normalized spacial score (nSPS) is 41.0. The molecule has 0 aromatic heterocycles. The zero-order chi connectivity index (χ0) is 10.8. The molecule has 3 rings (SSSR count). The van der Waals surface area contributed by atoms with Gasteiger partial charge in [0.05, 0.1) is 18.0 Å². The Hall–Kier alpha value is -0.790. The molecule has 3 atom stereocenters. The van der Waals surface area contributed by atoms with Gasteiger partial charge in [-0.1, -0.05) is 0 Å².